The van der Waals surface area contributed by atoms with Crippen LogP contribution < -0.4 is 5.01 Å². The normalized spacial score (nSPS) is 20.7. The number of carboxylic acids is 1. The summed E-state index contributed by atoms with van der Waals surface area (Å²) in [5.74, 6) is -1.60. The second-order valence-electron chi connectivity index (χ2n) is 5.35. The van der Waals surface area contributed by atoms with Crippen molar-refractivity contribution in [3.05, 3.63) is 29.8 Å². The lowest BCUT2D eigenvalue weighted by atomic mass is 9.95. The van der Waals surface area contributed by atoms with Crippen molar-refractivity contribution in [2.45, 2.75) is 39.2 Å². The number of carbonyl (C=O) groups is 2. The van der Waals surface area contributed by atoms with Gasteiger partial charge in [0.25, 0.3) is 0 Å². The molecule has 0 amide bonds. The molecule has 1 aliphatic heterocycles. The number of carboxylic acid groups (broad SMARTS) is 1. The molecule has 0 saturated heterocycles. The topological polar surface area (TPSA) is 79.2 Å². The summed E-state index contributed by atoms with van der Waals surface area (Å²) in [6.45, 7) is 5.53. The van der Waals surface area contributed by atoms with Gasteiger partial charge in [0.05, 0.1) is 12.3 Å². The van der Waals surface area contributed by atoms with Crippen LogP contribution in [0.5, 0.6) is 0 Å². The lowest BCUT2D eigenvalue weighted by Gasteiger charge is -2.30. The van der Waals surface area contributed by atoms with E-state index in [9.17, 15) is 14.7 Å². The third-order valence-corrected chi connectivity index (χ3v) is 3.76. The molecule has 0 radical (unpaired) electrons. The van der Waals surface area contributed by atoms with Crippen molar-refractivity contribution in [1.29, 1.82) is 0 Å². The van der Waals surface area contributed by atoms with Gasteiger partial charge in [0.15, 0.2) is 5.54 Å². The van der Waals surface area contributed by atoms with Crippen molar-refractivity contribution in [2.75, 3.05) is 11.6 Å². The number of aliphatic carboxylic acids is 1. The zero-order valence-electron chi connectivity index (χ0n) is 13.0. The van der Waals surface area contributed by atoms with E-state index in [4.69, 9.17) is 4.74 Å². The fourth-order valence-corrected chi connectivity index (χ4v) is 2.38. The third kappa shape index (κ3) is 2.81. The predicted molar refractivity (Wildman–Crippen MR) is 83.0 cm³/mol. The first-order chi connectivity index (χ1) is 10.4. The minimum atomic E-state index is -1.30. The van der Waals surface area contributed by atoms with E-state index in [2.05, 4.69) is 5.10 Å². The van der Waals surface area contributed by atoms with Gasteiger partial charge in [0.1, 0.15) is 5.71 Å². The minimum Gasteiger partial charge on any atom is -0.479 e. The summed E-state index contributed by atoms with van der Waals surface area (Å²) in [5, 5.41) is 15.2. The predicted octanol–water partition coefficient (Wildman–Crippen LogP) is 2.22. The Kier molecular flexibility index (Phi) is 4.49. The smallest absolute Gasteiger partial charge is 0.354 e. The maximum atomic E-state index is 11.9. The first-order valence-electron chi connectivity index (χ1n) is 7.29. The average Bonchev–Trinajstić information content (AvgIpc) is 2.87. The highest BCUT2D eigenvalue weighted by molar-refractivity contribution is 6.38. The highest BCUT2D eigenvalue weighted by Crippen LogP contribution is 2.33. The van der Waals surface area contributed by atoms with Crippen LogP contribution in [0.2, 0.25) is 0 Å². The second-order valence-corrected chi connectivity index (χ2v) is 5.35. The number of benzene rings is 1. The molecule has 1 aromatic carbocycles. The summed E-state index contributed by atoms with van der Waals surface area (Å²) in [6, 6.07) is 7.49. The van der Waals surface area contributed by atoms with E-state index in [0.717, 1.165) is 12.0 Å². The maximum Gasteiger partial charge on any atom is 0.354 e. The van der Waals surface area contributed by atoms with Crippen LogP contribution in [0, 0.1) is 0 Å². The van der Waals surface area contributed by atoms with Crippen molar-refractivity contribution in [3.63, 3.8) is 0 Å². The van der Waals surface area contributed by atoms with E-state index in [1.165, 1.54) is 5.01 Å². The van der Waals surface area contributed by atoms with Gasteiger partial charge in [-0.1, -0.05) is 19.1 Å². The second kappa shape index (κ2) is 6.17. The summed E-state index contributed by atoms with van der Waals surface area (Å²) in [5.41, 5.74) is 0.623. The standard InChI is InChI=1S/C16H20N2O4/c1-4-11-6-8-12(9-7-11)18-16(3,15(20)21)10-13(17-18)14(19)22-5-2/h6-9H,4-5,10H2,1-3H3,(H,20,21). The molecule has 1 aromatic rings. The summed E-state index contributed by atoms with van der Waals surface area (Å²) in [4.78, 5) is 23.5. The highest BCUT2D eigenvalue weighted by atomic mass is 16.5. The molecule has 6 heteroatoms. The maximum absolute atomic E-state index is 11.9. The van der Waals surface area contributed by atoms with E-state index < -0.39 is 17.5 Å². The minimum absolute atomic E-state index is 0.0106. The summed E-state index contributed by atoms with van der Waals surface area (Å²) in [6.07, 6.45) is 0.907. The molecule has 1 unspecified atom stereocenters. The molecular weight excluding hydrogens is 284 g/mol. The molecular formula is C16H20N2O4. The van der Waals surface area contributed by atoms with Crippen LogP contribution in [0.4, 0.5) is 5.69 Å². The van der Waals surface area contributed by atoms with Crippen LogP contribution in [0.1, 0.15) is 32.8 Å². The molecule has 0 aliphatic carbocycles. The lowest BCUT2D eigenvalue weighted by Crippen LogP contribution is -2.47. The first-order valence-corrected chi connectivity index (χ1v) is 7.29. The monoisotopic (exact) mass is 304 g/mol. The lowest BCUT2D eigenvalue weighted by molar-refractivity contribution is -0.142. The van der Waals surface area contributed by atoms with Gasteiger partial charge in [-0.05, 0) is 38.0 Å². The number of carbonyl (C=O) groups excluding carboxylic acids is 1. The first kappa shape index (κ1) is 16.0. The van der Waals surface area contributed by atoms with Gasteiger partial charge in [-0.25, -0.2) is 14.6 Å². The third-order valence-electron chi connectivity index (χ3n) is 3.76. The van der Waals surface area contributed by atoms with Gasteiger partial charge in [-0.2, -0.15) is 5.10 Å². The number of hydrogen-bond donors (Lipinski definition) is 1. The molecule has 0 bridgehead atoms. The largest absolute Gasteiger partial charge is 0.479 e. The molecule has 6 nitrogen and oxygen atoms in total. The Bertz CT molecular complexity index is 609. The van der Waals surface area contributed by atoms with Gasteiger partial charge < -0.3 is 9.84 Å². The Morgan fingerprint density at radius 2 is 1.95 bits per heavy atom. The fraction of sp³-hybridized carbons (Fsp3) is 0.438. The molecule has 1 aliphatic rings. The molecule has 118 valence electrons. The Labute approximate surface area is 129 Å². The number of hydrogen-bond acceptors (Lipinski definition) is 5. The van der Waals surface area contributed by atoms with E-state index in [1.807, 2.05) is 31.2 Å². The summed E-state index contributed by atoms with van der Waals surface area (Å²) < 4.78 is 4.93. The number of anilines is 1. The molecule has 1 heterocycles. The molecule has 0 saturated carbocycles. The zero-order chi connectivity index (χ0) is 16.3. The summed E-state index contributed by atoms with van der Waals surface area (Å²) in [7, 11) is 0. The molecule has 0 fully saturated rings. The van der Waals surface area contributed by atoms with Crippen molar-refractivity contribution < 1.29 is 19.4 Å². The number of rotatable bonds is 5. The number of hydrazone groups is 1. The van der Waals surface area contributed by atoms with E-state index in [-0.39, 0.29) is 18.7 Å². The van der Waals surface area contributed by atoms with Crippen molar-refractivity contribution in [3.8, 4) is 0 Å². The van der Waals surface area contributed by atoms with Gasteiger partial charge >= 0.3 is 11.9 Å². The number of nitrogens with zero attached hydrogens (tertiary/aromatic N) is 2. The molecule has 1 atom stereocenters. The molecule has 1 N–H and O–H groups in total. The number of aryl methyl sites for hydroxylation is 1. The average molecular weight is 304 g/mol. The SMILES string of the molecule is CCOC(=O)C1=NN(c2ccc(CC)cc2)C(C)(C(=O)O)C1. The quantitative estimate of drug-likeness (QED) is 0.844. The molecule has 0 spiro atoms. The van der Waals surface area contributed by atoms with Crippen LogP contribution >= 0.6 is 0 Å². The Balaban J connectivity index is 2.38. The van der Waals surface area contributed by atoms with Gasteiger partial charge in [0, 0.05) is 6.42 Å². The Hall–Kier alpha value is -2.37. The van der Waals surface area contributed by atoms with Crippen LogP contribution in [0.3, 0.4) is 0 Å². The van der Waals surface area contributed by atoms with Crippen LogP contribution in [0.15, 0.2) is 29.4 Å². The van der Waals surface area contributed by atoms with Gasteiger partial charge in [-0.15, -0.1) is 0 Å². The number of esters is 1. The van der Waals surface area contributed by atoms with Crippen LogP contribution in [0.25, 0.3) is 0 Å². The fourth-order valence-electron chi connectivity index (χ4n) is 2.38. The Morgan fingerprint density at radius 1 is 1.32 bits per heavy atom. The highest BCUT2D eigenvalue weighted by Gasteiger charge is 2.48. The summed E-state index contributed by atoms with van der Waals surface area (Å²) >= 11 is 0. The van der Waals surface area contributed by atoms with Crippen LogP contribution in [-0.2, 0) is 20.7 Å². The molecule has 22 heavy (non-hydrogen) atoms. The van der Waals surface area contributed by atoms with E-state index >= 15 is 0 Å². The van der Waals surface area contributed by atoms with Crippen LogP contribution in [-0.4, -0.2) is 34.9 Å². The van der Waals surface area contributed by atoms with Crippen molar-refractivity contribution in [2.24, 2.45) is 5.10 Å². The Morgan fingerprint density at radius 3 is 2.45 bits per heavy atom. The van der Waals surface area contributed by atoms with Crippen molar-refractivity contribution >= 4 is 23.3 Å². The molecule has 0 aromatic heterocycles. The molecule has 2 rings (SSSR count). The van der Waals surface area contributed by atoms with Crippen molar-refractivity contribution in [1.82, 2.24) is 0 Å². The number of ether oxygens (including phenoxy) is 1. The van der Waals surface area contributed by atoms with Gasteiger partial charge in [0.2, 0.25) is 0 Å². The van der Waals surface area contributed by atoms with Gasteiger partial charge in [-0.3, -0.25) is 0 Å². The van der Waals surface area contributed by atoms with E-state index in [0.29, 0.717) is 5.69 Å². The zero-order valence-corrected chi connectivity index (χ0v) is 13.0. The van der Waals surface area contributed by atoms with E-state index in [1.54, 1.807) is 13.8 Å².